The maximum atomic E-state index is 13.0. The summed E-state index contributed by atoms with van der Waals surface area (Å²) in [6.07, 6.45) is 0. The molecule has 0 saturated carbocycles. The first-order chi connectivity index (χ1) is 12.4. The molecular formula is C19H24N2O4S. The van der Waals surface area contributed by atoms with Gasteiger partial charge in [-0.05, 0) is 37.3 Å². The topological polar surface area (TPSA) is 59.1 Å². The molecule has 2 aromatic carbocycles. The van der Waals surface area contributed by atoms with Gasteiger partial charge >= 0.3 is 0 Å². The molecule has 0 atom stereocenters. The number of morpholine rings is 1. The van der Waals surface area contributed by atoms with Gasteiger partial charge in [0.05, 0.1) is 30.9 Å². The van der Waals surface area contributed by atoms with Crippen molar-refractivity contribution >= 4 is 21.4 Å². The fourth-order valence-electron chi connectivity index (χ4n) is 2.94. The average molecular weight is 376 g/mol. The molecule has 3 rings (SSSR count). The first-order valence-corrected chi connectivity index (χ1v) is 9.94. The fraction of sp³-hybridized carbons (Fsp3) is 0.368. The van der Waals surface area contributed by atoms with E-state index < -0.39 is 10.0 Å². The third-order valence-corrected chi connectivity index (χ3v) is 6.34. The molecule has 26 heavy (non-hydrogen) atoms. The fourth-order valence-corrected chi connectivity index (χ4v) is 4.14. The van der Waals surface area contributed by atoms with Crippen LogP contribution in [0.3, 0.4) is 0 Å². The van der Waals surface area contributed by atoms with Gasteiger partial charge < -0.3 is 14.4 Å². The number of hydrogen-bond donors (Lipinski definition) is 0. The van der Waals surface area contributed by atoms with Crippen molar-refractivity contribution in [3.8, 4) is 5.75 Å². The number of benzene rings is 2. The second kappa shape index (κ2) is 7.55. The Labute approximate surface area is 155 Å². The smallest absolute Gasteiger partial charge is 0.264 e. The average Bonchev–Trinajstić information content (AvgIpc) is 2.68. The molecule has 0 spiro atoms. The number of ether oxygens (including phenoxy) is 2. The van der Waals surface area contributed by atoms with Crippen LogP contribution < -0.4 is 13.9 Å². The molecule has 1 aliphatic heterocycles. The monoisotopic (exact) mass is 376 g/mol. The Balaban J connectivity index is 1.98. The summed E-state index contributed by atoms with van der Waals surface area (Å²) in [6.45, 7) is 4.81. The predicted octanol–water partition coefficient (Wildman–Crippen LogP) is 2.67. The zero-order valence-corrected chi connectivity index (χ0v) is 16.1. The second-order valence-corrected chi connectivity index (χ2v) is 8.21. The Hall–Kier alpha value is -2.25. The minimum Gasteiger partial charge on any atom is -0.495 e. The van der Waals surface area contributed by atoms with E-state index >= 15 is 0 Å². The summed E-state index contributed by atoms with van der Waals surface area (Å²) in [5, 5.41) is 0. The largest absolute Gasteiger partial charge is 0.495 e. The van der Waals surface area contributed by atoms with Gasteiger partial charge in [-0.25, -0.2) is 8.42 Å². The summed E-state index contributed by atoms with van der Waals surface area (Å²) in [5.41, 5.74) is 2.48. The Morgan fingerprint density at radius 3 is 2.35 bits per heavy atom. The lowest BCUT2D eigenvalue weighted by atomic mass is 10.2. The SMILES string of the molecule is COc1ccc(N2CCOCC2)cc1N(C)S(=O)(=O)c1ccc(C)cc1. The van der Waals surface area contributed by atoms with Crippen molar-refractivity contribution in [1.82, 2.24) is 0 Å². The van der Waals surface area contributed by atoms with Crippen molar-refractivity contribution in [3.05, 3.63) is 48.0 Å². The Kier molecular flexibility index (Phi) is 5.38. The van der Waals surface area contributed by atoms with Crippen LogP contribution in [0.5, 0.6) is 5.75 Å². The highest BCUT2D eigenvalue weighted by Crippen LogP contribution is 2.35. The second-order valence-electron chi connectivity index (χ2n) is 6.24. The van der Waals surface area contributed by atoms with Crippen molar-refractivity contribution in [2.24, 2.45) is 0 Å². The van der Waals surface area contributed by atoms with Crippen molar-refractivity contribution in [2.75, 3.05) is 49.7 Å². The van der Waals surface area contributed by atoms with Crippen LogP contribution >= 0.6 is 0 Å². The summed E-state index contributed by atoms with van der Waals surface area (Å²) in [6, 6.07) is 12.4. The maximum Gasteiger partial charge on any atom is 0.264 e. The number of sulfonamides is 1. The third-order valence-electron chi connectivity index (χ3n) is 4.56. The molecule has 0 unspecified atom stereocenters. The normalized spacial score (nSPS) is 15.0. The standard InChI is InChI=1S/C19H24N2O4S/c1-15-4-7-17(8-5-15)26(22,23)20(2)18-14-16(6-9-19(18)24-3)21-10-12-25-13-11-21/h4-9,14H,10-13H2,1-3H3. The van der Waals surface area contributed by atoms with Crippen LogP contribution in [0.2, 0.25) is 0 Å². The molecule has 6 nitrogen and oxygen atoms in total. The molecule has 7 heteroatoms. The van der Waals surface area contributed by atoms with Crippen LogP contribution in [-0.4, -0.2) is 48.9 Å². The van der Waals surface area contributed by atoms with Crippen LogP contribution in [-0.2, 0) is 14.8 Å². The minimum atomic E-state index is -3.68. The quantitative estimate of drug-likeness (QED) is 0.803. The molecule has 0 radical (unpaired) electrons. The van der Waals surface area contributed by atoms with Gasteiger partial charge in [0.15, 0.2) is 0 Å². The summed E-state index contributed by atoms with van der Waals surface area (Å²) < 4.78 is 38.2. The Bertz CT molecular complexity index is 860. The molecule has 1 aliphatic rings. The Morgan fingerprint density at radius 1 is 1.08 bits per heavy atom. The molecule has 1 fully saturated rings. The van der Waals surface area contributed by atoms with Crippen molar-refractivity contribution < 1.29 is 17.9 Å². The van der Waals surface area contributed by atoms with E-state index in [0.717, 1.165) is 24.3 Å². The van der Waals surface area contributed by atoms with Gasteiger partial charge in [-0.2, -0.15) is 0 Å². The van der Waals surface area contributed by atoms with Crippen LogP contribution in [0.25, 0.3) is 0 Å². The first-order valence-electron chi connectivity index (χ1n) is 8.50. The zero-order valence-electron chi connectivity index (χ0n) is 15.3. The van der Waals surface area contributed by atoms with Gasteiger partial charge in [-0.1, -0.05) is 17.7 Å². The van der Waals surface area contributed by atoms with Gasteiger partial charge in [0.25, 0.3) is 10.0 Å². The van der Waals surface area contributed by atoms with E-state index in [1.165, 1.54) is 4.31 Å². The molecule has 0 N–H and O–H groups in total. The molecule has 0 aliphatic carbocycles. The predicted molar refractivity (Wildman–Crippen MR) is 103 cm³/mol. The van der Waals surface area contributed by atoms with Crippen LogP contribution in [0.15, 0.2) is 47.4 Å². The number of aryl methyl sites for hydroxylation is 1. The number of methoxy groups -OCH3 is 1. The van der Waals surface area contributed by atoms with E-state index in [-0.39, 0.29) is 4.90 Å². The summed E-state index contributed by atoms with van der Waals surface area (Å²) in [5.74, 6) is 0.514. The van der Waals surface area contributed by atoms with E-state index in [0.29, 0.717) is 24.7 Å². The summed E-state index contributed by atoms with van der Waals surface area (Å²) in [4.78, 5) is 2.43. The van der Waals surface area contributed by atoms with E-state index in [4.69, 9.17) is 9.47 Å². The van der Waals surface area contributed by atoms with Crippen LogP contribution in [0.1, 0.15) is 5.56 Å². The van der Waals surface area contributed by atoms with E-state index in [9.17, 15) is 8.42 Å². The van der Waals surface area contributed by atoms with Crippen molar-refractivity contribution in [2.45, 2.75) is 11.8 Å². The van der Waals surface area contributed by atoms with Crippen LogP contribution in [0.4, 0.5) is 11.4 Å². The molecular weight excluding hydrogens is 352 g/mol. The molecule has 1 heterocycles. The van der Waals surface area contributed by atoms with E-state index in [1.54, 1.807) is 44.5 Å². The van der Waals surface area contributed by atoms with Crippen molar-refractivity contribution in [3.63, 3.8) is 0 Å². The lowest BCUT2D eigenvalue weighted by Gasteiger charge is -2.30. The maximum absolute atomic E-state index is 13.0. The molecule has 1 saturated heterocycles. The summed E-state index contributed by atoms with van der Waals surface area (Å²) >= 11 is 0. The van der Waals surface area contributed by atoms with Gasteiger partial charge in [0.2, 0.25) is 0 Å². The molecule has 140 valence electrons. The summed E-state index contributed by atoms with van der Waals surface area (Å²) in [7, 11) is -0.586. The van der Waals surface area contributed by atoms with Gasteiger partial charge in [-0.3, -0.25) is 4.31 Å². The van der Waals surface area contributed by atoms with E-state index in [1.807, 2.05) is 19.1 Å². The number of hydrogen-bond acceptors (Lipinski definition) is 5. The minimum absolute atomic E-state index is 0.254. The lowest BCUT2D eigenvalue weighted by Crippen LogP contribution is -2.36. The lowest BCUT2D eigenvalue weighted by molar-refractivity contribution is 0.122. The highest BCUT2D eigenvalue weighted by molar-refractivity contribution is 7.92. The molecule has 2 aromatic rings. The van der Waals surface area contributed by atoms with Gasteiger partial charge in [0.1, 0.15) is 5.75 Å². The van der Waals surface area contributed by atoms with Crippen molar-refractivity contribution in [1.29, 1.82) is 0 Å². The molecule has 0 amide bonds. The Morgan fingerprint density at radius 2 is 1.73 bits per heavy atom. The highest BCUT2D eigenvalue weighted by Gasteiger charge is 2.25. The van der Waals surface area contributed by atoms with Gasteiger partial charge in [0, 0.05) is 25.8 Å². The first kappa shape index (κ1) is 18.5. The highest BCUT2D eigenvalue weighted by atomic mass is 32.2. The van der Waals surface area contributed by atoms with Gasteiger partial charge in [-0.15, -0.1) is 0 Å². The zero-order chi connectivity index (χ0) is 18.7. The van der Waals surface area contributed by atoms with E-state index in [2.05, 4.69) is 4.90 Å². The number of rotatable bonds is 5. The molecule has 0 bridgehead atoms. The molecule has 0 aromatic heterocycles. The third kappa shape index (κ3) is 3.64. The number of anilines is 2. The van der Waals surface area contributed by atoms with Crippen LogP contribution in [0, 0.1) is 6.92 Å². The number of nitrogens with zero attached hydrogens (tertiary/aromatic N) is 2.